The largest absolute Gasteiger partial charge is 0.384 e. The van der Waals surface area contributed by atoms with Crippen molar-refractivity contribution in [3.05, 3.63) is 61.4 Å². The van der Waals surface area contributed by atoms with Gasteiger partial charge in [0.25, 0.3) is 0 Å². The van der Waals surface area contributed by atoms with Crippen LogP contribution in [0.5, 0.6) is 0 Å². The molecule has 5 heteroatoms. The van der Waals surface area contributed by atoms with E-state index in [4.69, 9.17) is 0 Å². The van der Waals surface area contributed by atoms with Gasteiger partial charge in [0.05, 0.1) is 5.69 Å². The van der Waals surface area contributed by atoms with Crippen molar-refractivity contribution < 1.29 is 5.11 Å². The van der Waals surface area contributed by atoms with Crippen molar-refractivity contribution in [2.24, 2.45) is 0 Å². The van der Waals surface area contributed by atoms with Crippen molar-refractivity contribution in [2.45, 2.75) is 12.5 Å². The molecule has 1 unspecified atom stereocenters. The molecule has 0 fully saturated rings. The van der Waals surface area contributed by atoms with Gasteiger partial charge in [-0.15, -0.1) is 0 Å². The number of hydrogen-bond acceptors (Lipinski definition) is 2. The van der Waals surface area contributed by atoms with Crippen LogP contribution in [0.3, 0.4) is 0 Å². The van der Waals surface area contributed by atoms with Crippen LogP contribution in [-0.4, -0.2) is 11.7 Å². The minimum atomic E-state index is -0.937. The summed E-state index contributed by atoms with van der Waals surface area (Å²) >= 11 is 10.5. The first-order chi connectivity index (χ1) is 9.40. The third-order valence-corrected chi connectivity index (χ3v) is 4.72. The van der Waals surface area contributed by atoms with Gasteiger partial charge in [-0.1, -0.05) is 46.3 Å². The summed E-state index contributed by atoms with van der Waals surface area (Å²) in [6, 6.07) is 13.6. The number of benzene rings is 2. The molecule has 0 aliphatic carbocycles. The van der Waals surface area contributed by atoms with Gasteiger partial charge in [-0.3, -0.25) is 0 Å². The zero-order valence-electron chi connectivity index (χ0n) is 10.8. The fraction of sp³-hybridized carbons (Fsp3) is 0.200. The van der Waals surface area contributed by atoms with E-state index < -0.39 is 5.60 Å². The minimum absolute atomic E-state index is 0.413. The summed E-state index contributed by atoms with van der Waals surface area (Å²) < 4.78 is 2.85. The average molecular weight is 464 g/mol. The molecule has 106 valence electrons. The second kappa shape index (κ2) is 6.60. The lowest BCUT2D eigenvalue weighted by molar-refractivity contribution is 0.0715. The number of halogens is 3. The van der Waals surface area contributed by atoms with E-state index >= 15 is 0 Å². The van der Waals surface area contributed by atoms with Gasteiger partial charge in [-0.05, 0) is 56.5 Å². The fourth-order valence-electron chi connectivity index (χ4n) is 1.87. The van der Waals surface area contributed by atoms with Crippen LogP contribution in [0.4, 0.5) is 5.69 Å². The summed E-state index contributed by atoms with van der Waals surface area (Å²) in [6.45, 7) is 2.21. The second-order valence-electron chi connectivity index (χ2n) is 4.74. The summed E-state index contributed by atoms with van der Waals surface area (Å²) in [7, 11) is 0. The Hall–Kier alpha value is -0.360. The second-order valence-corrected chi connectivity index (χ2v) is 7.36. The third-order valence-electron chi connectivity index (χ3n) is 3.01. The normalized spacial score (nSPS) is 13.8. The molecule has 0 amide bonds. The fourth-order valence-corrected chi connectivity index (χ4v) is 4.41. The van der Waals surface area contributed by atoms with Gasteiger partial charge in [-0.2, -0.15) is 0 Å². The lowest BCUT2D eigenvalue weighted by Crippen LogP contribution is -2.30. The summed E-state index contributed by atoms with van der Waals surface area (Å²) in [5.41, 5.74) is 0.869. The Kier molecular flexibility index (Phi) is 5.29. The lowest BCUT2D eigenvalue weighted by Gasteiger charge is -2.25. The molecule has 20 heavy (non-hydrogen) atoms. The monoisotopic (exact) mass is 461 g/mol. The zero-order valence-corrected chi connectivity index (χ0v) is 15.6. The SMILES string of the molecule is CC(O)(CNc1c(Br)cc(Br)cc1Br)c1ccccc1. The van der Waals surface area contributed by atoms with Crippen molar-refractivity contribution >= 4 is 53.5 Å². The van der Waals surface area contributed by atoms with E-state index in [2.05, 4.69) is 53.1 Å². The number of aliphatic hydroxyl groups is 1. The number of hydrogen-bond donors (Lipinski definition) is 2. The molecule has 0 heterocycles. The van der Waals surface area contributed by atoms with Crippen molar-refractivity contribution in [1.29, 1.82) is 0 Å². The van der Waals surface area contributed by atoms with Crippen LogP contribution in [0.2, 0.25) is 0 Å². The van der Waals surface area contributed by atoms with Crippen molar-refractivity contribution in [3.8, 4) is 0 Å². The highest BCUT2D eigenvalue weighted by molar-refractivity contribution is 9.11. The predicted molar refractivity (Wildman–Crippen MR) is 94.0 cm³/mol. The van der Waals surface area contributed by atoms with E-state index in [-0.39, 0.29) is 0 Å². The first-order valence-corrected chi connectivity index (χ1v) is 8.44. The van der Waals surface area contributed by atoms with E-state index in [0.29, 0.717) is 6.54 Å². The van der Waals surface area contributed by atoms with E-state index in [9.17, 15) is 5.11 Å². The van der Waals surface area contributed by atoms with Crippen LogP contribution < -0.4 is 5.32 Å². The summed E-state index contributed by atoms with van der Waals surface area (Å²) in [6.07, 6.45) is 0. The molecule has 2 rings (SSSR count). The van der Waals surface area contributed by atoms with Gasteiger partial charge in [0.1, 0.15) is 5.60 Å². The van der Waals surface area contributed by atoms with Crippen LogP contribution in [0, 0.1) is 0 Å². The van der Waals surface area contributed by atoms with Crippen LogP contribution >= 0.6 is 47.8 Å². The highest BCUT2D eigenvalue weighted by Crippen LogP contribution is 2.35. The topological polar surface area (TPSA) is 32.3 Å². The first kappa shape index (κ1) is 16.0. The molecular formula is C15H14Br3NO. The summed E-state index contributed by atoms with van der Waals surface area (Å²) in [4.78, 5) is 0. The zero-order chi connectivity index (χ0) is 14.8. The van der Waals surface area contributed by atoms with Crippen LogP contribution in [0.15, 0.2) is 55.9 Å². The van der Waals surface area contributed by atoms with Gasteiger partial charge in [0, 0.05) is 20.0 Å². The van der Waals surface area contributed by atoms with Gasteiger partial charge < -0.3 is 10.4 Å². The summed E-state index contributed by atoms with van der Waals surface area (Å²) in [5.74, 6) is 0. The molecule has 2 aromatic carbocycles. The predicted octanol–water partition coefficient (Wildman–Crippen LogP) is 5.29. The first-order valence-electron chi connectivity index (χ1n) is 6.06. The van der Waals surface area contributed by atoms with Gasteiger partial charge in [0.2, 0.25) is 0 Å². The third kappa shape index (κ3) is 3.85. The smallest absolute Gasteiger partial charge is 0.104 e. The maximum atomic E-state index is 10.6. The Bertz CT molecular complexity index is 576. The van der Waals surface area contributed by atoms with Crippen molar-refractivity contribution in [3.63, 3.8) is 0 Å². The average Bonchev–Trinajstić information content (AvgIpc) is 2.38. The number of rotatable bonds is 4. The number of anilines is 1. The van der Waals surface area contributed by atoms with E-state index in [0.717, 1.165) is 24.7 Å². The van der Waals surface area contributed by atoms with Crippen LogP contribution in [0.25, 0.3) is 0 Å². The molecule has 2 nitrogen and oxygen atoms in total. The molecule has 0 aromatic heterocycles. The standard InChI is InChI=1S/C15H14Br3NO/c1-15(20,10-5-3-2-4-6-10)9-19-14-12(17)7-11(16)8-13(14)18/h2-8,19-20H,9H2,1H3. The minimum Gasteiger partial charge on any atom is -0.384 e. The molecule has 0 saturated carbocycles. The van der Waals surface area contributed by atoms with E-state index in [1.165, 1.54) is 0 Å². The maximum Gasteiger partial charge on any atom is 0.104 e. The Balaban J connectivity index is 2.17. The molecule has 0 radical (unpaired) electrons. The lowest BCUT2D eigenvalue weighted by atomic mass is 9.96. The quantitative estimate of drug-likeness (QED) is 0.645. The Morgan fingerprint density at radius 3 is 2.15 bits per heavy atom. The Labute approximate surface area is 144 Å². The molecule has 1 atom stereocenters. The highest BCUT2D eigenvalue weighted by atomic mass is 79.9. The summed E-state index contributed by atoms with van der Waals surface area (Å²) in [5, 5.41) is 13.9. The van der Waals surface area contributed by atoms with E-state index in [1.54, 1.807) is 6.92 Å². The maximum absolute atomic E-state index is 10.6. The Morgan fingerprint density at radius 1 is 1.05 bits per heavy atom. The Morgan fingerprint density at radius 2 is 1.60 bits per heavy atom. The molecule has 0 spiro atoms. The van der Waals surface area contributed by atoms with Gasteiger partial charge >= 0.3 is 0 Å². The van der Waals surface area contributed by atoms with Gasteiger partial charge in [0.15, 0.2) is 0 Å². The molecule has 0 saturated heterocycles. The number of nitrogens with one attached hydrogen (secondary N) is 1. The molecule has 0 aliphatic heterocycles. The van der Waals surface area contributed by atoms with E-state index in [1.807, 2.05) is 42.5 Å². The molecule has 2 aromatic rings. The van der Waals surface area contributed by atoms with Gasteiger partial charge in [-0.25, -0.2) is 0 Å². The highest BCUT2D eigenvalue weighted by Gasteiger charge is 2.23. The van der Waals surface area contributed by atoms with Crippen molar-refractivity contribution in [1.82, 2.24) is 0 Å². The van der Waals surface area contributed by atoms with Crippen molar-refractivity contribution in [2.75, 3.05) is 11.9 Å². The molecule has 0 bridgehead atoms. The molecular weight excluding hydrogens is 450 g/mol. The van der Waals surface area contributed by atoms with Crippen LogP contribution in [-0.2, 0) is 5.60 Å². The molecule has 2 N–H and O–H groups in total. The molecule has 0 aliphatic rings. The van der Waals surface area contributed by atoms with Crippen LogP contribution in [0.1, 0.15) is 12.5 Å².